The van der Waals surface area contributed by atoms with Crippen molar-refractivity contribution in [2.45, 2.75) is 39.7 Å². The van der Waals surface area contributed by atoms with Crippen LogP contribution in [0.4, 0.5) is 0 Å². The summed E-state index contributed by atoms with van der Waals surface area (Å²) < 4.78 is 9.93. The third kappa shape index (κ3) is 2.44. The molecule has 0 spiro atoms. The first-order valence-corrected chi connectivity index (χ1v) is 6.01. The summed E-state index contributed by atoms with van der Waals surface area (Å²) in [4.78, 5) is 24.0. The predicted octanol–water partition coefficient (Wildman–Crippen LogP) is 0.890. The van der Waals surface area contributed by atoms with Crippen LogP contribution in [-0.2, 0) is 19.1 Å². The van der Waals surface area contributed by atoms with Gasteiger partial charge in [-0.1, -0.05) is 6.92 Å². The maximum atomic E-state index is 12.0. The van der Waals surface area contributed by atoms with Gasteiger partial charge in [0.1, 0.15) is 0 Å². The van der Waals surface area contributed by atoms with Gasteiger partial charge >= 0.3 is 11.9 Å². The Morgan fingerprint density at radius 2 is 1.71 bits per heavy atom. The first-order valence-electron chi connectivity index (χ1n) is 6.01. The fourth-order valence-electron chi connectivity index (χ4n) is 2.44. The molecule has 0 aromatic rings. The van der Waals surface area contributed by atoms with E-state index in [0.29, 0.717) is 6.42 Å². The van der Waals surface area contributed by atoms with Crippen LogP contribution in [0.5, 0.6) is 0 Å². The van der Waals surface area contributed by atoms with Crippen molar-refractivity contribution in [2.24, 2.45) is 11.3 Å². The van der Waals surface area contributed by atoms with Crippen LogP contribution in [0.25, 0.3) is 0 Å². The zero-order chi connectivity index (χ0) is 13.1. The van der Waals surface area contributed by atoms with Crippen LogP contribution in [0.3, 0.4) is 0 Å². The molecule has 0 aliphatic heterocycles. The average molecular weight is 244 g/mol. The summed E-state index contributed by atoms with van der Waals surface area (Å²) in [6.45, 7) is 5.56. The Morgan fingerprint density at radius 3 is 2.00 bits per heavy atom. The highest BCUT2D eigenvalue weighted by atomic mass is 16.6. The third-order valence-electron chi connectivity index (χ3n) is 3.30. The summed E-state index contributed by atoms with van der Waals surface area (Å²) in [5.41, 5.74) is -1.33. The molecule has 1 fully saturated rings. The minimum Gasteiger partial charge on any atom is -0.465 e. The minimum absolute atomic E-state index is 0.0891. The Balaban J connectivity index is 3.00. The van der Waals surface area contributed by atoms with Crippen LogP contribution >= 0.6 is 0 Å². The molecule has 17 heavy (non-hydrogen) atoms. The fourth-order valence-corrected chi connectivity index (χ4v) is 2.44. The van der Waals surface area contributed by atoms with Gasteiger partial charge in [0.25, 0.3) is 0 Å². The quantitative estimate of drug-likeness (QED) is 0.587. The number of hydrogen-bond donors (Lipinski definition) is 1. The second-order valence-corrected chi connectivity index (χ2v) is 4.41. The number of aliphatic hydroxyl groups excluding tert-OH is 1. The van der Waals surface area contributed by atoms with E-state index in [1.54, 1.807) is 20.8 Å². The Hall–Kier alpha value is -1.10. The lowest BCUT2D eigenvalue weighted by atomic mass is 9.78. The fraction of sp³-hybridized carbons (Fsp3) is 0.833. The van der Waals surface area contributed by atoms with Crippen LogP contribution in [-0.4, -0.2) is 36.4 Å². The smallest absolute Gasteiger partial charge is 0.323 e. The molecular formula is C12H20O5. The van der Waals surface area contributed by atoms with Gasteiger partial charge in [0, 0.05) is 6.42 Å². The summed E-state index contributed by atoms with van der Waals surface area (Å²) in [5, 5.41) is 9.65. The monoisotopic (exact) mass is 244 g/mol. The summed E-state index contributed by atoms with van der Waals surface area (Å²) in [6, 6.07) is 0. The topological polar surface area (TPSA) is 72.8 Å². The normalized spacial score (nSPS) is 26.6. The minimum atomic E-state index is -1.33. The highest BCUT2D eigenvalue weighted by Gasteiger charge is 2.58. The summed E-state index contributed by atoms with van der Waals surface area (Å²) in [6.07, 6.45) is -0.150. The molecule has 0 bridgehead atoms. The number of carbonyl (C=O) groups is 2. The molecule has 0 radical (unpaired) electrons. The van der Waals surface area contributed by atoms with Crippen molar-refractivity contribution in [3.05, 3.63) is 0 Å². The molecule has 1 rings (SSSR count). The van der Waals surface area contributed by atoms with Gasteiger partial charge < -0.3 is 14.6 Å². The van der Waals surface area contributed by atoms with Gasteiger partial charge in [0.05, 0.1) is 19.3 Å². The van der Waals surface area contributed by atoms with E-state index >= 15 is 0 Å². The number of rotatable bonds is 4. The second kappa shape index (κ2) is 5.49. The number of ether oxygens (including phenoxy) is 2. The molecule has 1 saturated carbocycles. The van der Waals surface area contributed by atoms with Crippen molar-refractivity contribution in [2.75, 3.05) is 13.2 Å². The molecule has 0 aromatic heterocycles. The van der Waals surface area contributed by atoms with Crippen molar-refractivity contribution in [1.82, 2.24) is 0 Å². The molecule has 1 aliphatic carbocycles. The molecule has 5 heteroatoms. The summed E-state index contributed by atoms with van der Waals surface area (Å²) >= 11 is 0. The van der Waals surface area contributed by atoms with Crippen LogP contribution in [0.15, 0.2) is 0 Å². The first-order chi connectivity index (χ1) is 7.98. The van der Waals surface area contributed by atoms with Gasteiger partial charge in [-0.3, -0.25) is 9.59 Å². The Kier molecular flexibility index (Phi) is 4.51. The van der Waals surface area contributed by atoms with Crippen LogP contribution in [0, 0.1) is 11.3 Å². The van der Waals surface area contributed by atoms with Crippen molar-refractivity contribution < 1.29 is 24.2 Å². The molecule has 2 atom stereocenters. The standard InChI is InChI=1S/C12H20O5/c1-4-16-10(14)12(11(15)17-5-2)7-9(13)6-8(12)3/h8-9,13H,4-7H2,1-3H3/t8-,9-/m0/s1. The summed E-state index contributed by atoms with van der Waals surface area (Å²) in [7, 11) is 0. The Morgan fingerprint density at radius 1 is 1.24 bits per heavy atom. The van der Waals surface area contributed by atoms with Crippen molar-refractivity contribution in [3.63, 3.8) is 0 Å². The first kappa shape index (κ1) is 14.0. The van der Waals surface area contributed by atoms with E-state index in [9.17, 15) is 14.7 Å². The largest absolute Gasteiger partial charge is 0.465 e. The molecular weight excluding hydrogens is 224 g/mol. The average Bonchev–Trinajstić information content (AvgIpc) is 2.55. The van der Waals surface area contributed by atoms with Crippen molar-refractivity contribution in [1.29, 1.82) is 0 Å². The molecule has 98 valence electrons. The summed E-state index contributed by atoms with van der Waals surface area (Å²) in [5.74, 6) is -1.43. The number of aliphatic hydroxyl groups is 1. The lowest BCUT2D eigenvalue weighted by Gasteiger charge is -2.28. The molecule has 0 amide bonds. The molecule has 0 unspecified atom stereocenters. The lowest BCUT2D eigenvalue weighted by Crippen LogP contribution is -2.44. The van der Waals surface area contributed by atoms with Gasteiger partial charge in [-0.2, -0.15) is 0 Å². The molecule has 1 N–H and O–H groups in total. The Bertz CT molecular complexity index is 281. The molecule has 1 aliphatic rings. The number of hydrogen-bond acceptors (Lipinski definition) is 5. The van der Waals surface area contributed by atoms with Gasteiger partial charge in [-0.05, 0) is 26.2 Å². The second-order valence-electron chi connectivity index (χ2n) is 4.41. The molecule has 0 saturated heterocycles. The van der Waals surface area contributed by atoms with E-state index in [1.165, 1.54) is 0 Å². The third-order valence-corrected chi connectivity index (χ3v) is 3.30. The van der Waals surface area contributed by atoms with E-state index < -0.39 is 23.5 Å². The van der Waals surface area contributed by atoms with E-state index in [4.69, 9.17) is 9.47 Å². The zero-order valence-corrected chi connectivity index (χ0v) is 10.6. The zero-order valence-electron chi connectivity index (χ0n) is 10.6. The highest BCUT2D eigenvalue weighted by molar-refractivity contribution is 6.00. The van der Waals surface area contributed by atoms with Gasteiger partial charge in [-0.15, -0.1) is 0 Å². The number of esters is 2. The molecule has 0 aromatic carbocycles. The van der Waals surface area contributed by atoms with E-state index in [0.717, 1.165) is 0 Å². The molecule has 5 nitrogen and oxygen atoms in total. The van der Waals surface area contributed by atoms with Crippen molar-refractivity contribution >= 4 is 11.9 Å². The van der Waals surface area contributed by atoms with Gasteiger partial charge in [0.2, 0.25) is 0 Å². The Labute approximate surface area is 101 Å². The van der Waals surface area contributed by atoms with Crippen LogP contribution < -0.4 is 0 Å². The predicted molar refractivity (Wildman–Crippen MR) is 60.1 cm³/mol. The van der Waals surface area contributed by atoms with Crippen LogP contribution in [0.1, 0.15) is 33.6 Å². The lowest BCUT2D eigenvalue weighted by molar-refractivity contribution is -0.175. The van der Waals surface area contributed by atoms with E-state index in [-0.39, 0.29) is 25.6 Å². The maximum Gasteiger partial charge on any atom is 0.323 e. The number of carbonyl (C=O) groups excluding carboxylic acids is 2. The van der Waals surface area contributed by atoms with Crippen molar-refractivity contribution in [3.8, 4) is 0 Å². The SMILES string of the molecule is CCOC(=O)C1(C(=O)OCC)C[C@@H](O)C[C@@H]1C. The maximum absolute atomic E-state index is 12.0. The van der Waals surface area contributed by atoms with Gasteiger partial charge in [0.15, 0.2) is 5.41 Å². The van der Waals surface area contributed by atoms with Gasteiger partial charge in [-0.25, -0.2) is 0 Å². The van der Waals surface area contributed by atoms with E-state index in [1.807, 2.05) is 0 Å². The highest BCUT2D eigenvalue weighted by Crippen LogP contribution is 2.45. The van der Waals surface area contributed by atoms with E-state index in [2.05, 4.69) is 0 Å². The molecule has 0 heterocycles. The van der Waals surface area contributed by atoms with Crippen LogP contribution in [0.2, 0.25) is 0 Å².